The summed E-state index contributed by atoms with van der Waals surface area (Å²) < 4.78 is 11.4. The van der Waals surface area contributed by atoms with Crippen molar-refractivity contribution in [1.29, 1.82) is 0 Å². The molecule has 5 heteroatoms. The first-order chi connectivity index (χ1) is 9.32. The molecule has 1 N–H and O–H groups in total. The highest BCUT2D eigenvalue weighted by atomic mass is 16.5. The molecule has 3 rings (SSSR count). The maximum atomic E-state index is 6.00. The van der Waals surface area contributed by atoms with E-state index >= 15 is 0 Å². The van der Waals surface area contributed by atoms with Gasteiger partial charge in [0, 0.05) is 12.6 Å². The molecule has 19 heavy (non-hydrogen) atoms. The molecule has 0 spiro atoms. The molecule has 1 heterocycles. The summed E-state index contributed by atoms with van der Waals surface area (Å²) in [6.45, 7) is 3.41. The number of aromatic nitrogens is 2. The zero-order valence-corrected chi connectivity index (χ0v) is 11.7. The lowest BCUT2D eigenvalue weighted by molar-refractivity contribution is -0.0777. The molecule has 1 aromatic heterocycles. The summed E-state index contributed by atoms with van der Waals surface area (Å²) in [6, 6.07) is 0.658. The highest BCUT2D eigenvalue weighted by Gasteiger charge is 2.39. The van der Waals surface area contributed by atoms with Gasteiger partial charge in [0.1, 0.15) is 5.60 Å². The third-order valence-corrected chi connectivity index (χ3v) is 4.08. The second-order valence-electron chi connectivity index (χ2n) is 5.65. The molecule has 1 aromatic rings. The van der Waals surface area contributed by atoms with Crippen LogP contribution in [0.3, 0.4) is 0 Å². The first-order valence-corrected chi connectivity index (χ1v) is 7.53. The Labute approximate surface area is 114 Å². The Morgan fingerprint density at radius 1 is 1.32 bits per heavy atom. The molecular weight excluding hydrogens is 242 g/mol. The van der Waals surface area contributed by atoms with Gasteiger partial charge in [-0.15, -0.1) is 0 Å². The Kier molecular flexibility index (Phi) is 3.84. The van der Waals surface area contributed by atoms with Crippen LogP contribution in [0.15, 0.2) is 4.52 Å². The molecule has 0 aliphatic heterocycles. The quantitative estimate of drug-likeness (QED) is 0.856. The Hall–Kier alpha value is -0.940. The summed E-state index contributed by atoms with van der Waals surface area (Å²) in [5.74, 6) is 1.44. The Balaban J connectivity index is 1.70. The van der Waals surface area contributed by atoms with Gasteiger partial charge >= 0.3 is 0 Å². The van der Waals surface area contributed by atoms with Gasteiger partial charge in [0.15, 0.2) is 0 Å². The molecule has 5 nitrogen and oxygen atoms in total. The fourth-order valence-electron chi connectivity index (χ4n) is 2.86. The summed E-state index contributed by atoms with van der Waals surface area (Å²) in [5.41, 5.74) is -0.297. The molecule has 0 bridgehead atoms. The number of ether oxygens (including phenoxy) is 1. The van der Waals surface area contributed by atoms with E-state index in [1.807, 2.05) is 6.92 Å². The van der Waals surface area contributed by atoms with Gasteiger partial charge < -0.3 is 14.6 Å². The van der Waals surface area contributed by atoms with Crippen LogP contribution in [0.2, 0.25) is 0 Å². The molecule has 0 atom stereocenters. The minimum Gasteiger partial charge on any atom is -0.367 e. The third kappa shape index (κ3) is 2.98. The Bertz CT molecular complexity index is 403. The lowest BCUT2D eigenvalue weighted by atomic mass is 9.84. The molecule has 0 amide bonds. The van der Waals surface area contributed by atoms with Gasteiger partial charge in [-0.3, -0.25) is 0 Å². The van der Waals surface area contributed by atoms with Crippen LogP contribution in [0, 0.1) is 0 Å². The molecule has 2 aliphatic carbocycles. The molecule has 2 aliphatic rings. The van der Waals surface area contributed by atoms with Gasteiger partial charge in [0.2, 0.25) is 11.7 Å². The van der Waals surface area contributed by atoms with Crippen molar-refractivity contribution in [3.8, 4) is 0 Å². The van der Waals surface area contributed by atoms with Crippen molar-refractivity contribution in [3.63, 3.8) is 0 Å². The average molecular weight is 265 g/mol. The lowest BCUT2D eigenvalue weighted by Crippen LogP contribution is -2.33. The number of nitrogens with zero attached hydrogens (tertiary/aromatic N) is 2. The second kappa shape index (κ2) is 5.59. The number of rotatable bonds is 6. The van der Waals surface area contributed by atoms with E-state index in [9.17, 15) is 0 Å². The zero-order chi connectivity index (χ0) is 13.1. The van der Waals surface area contributed by atoms with Gasteiger partial charge in [-0.1, -0.05) is 24.4 Å². The summed E-state index contributed by atoms with van der Waals surface area (Å²) in [6.07, 6.45) is 8.21. The van der Waals surface area contributed by atoms with Crippen LogP contribution in [-0.4, -0.2) is 22.8 Å². The fourth-order valence-corrected chi connectivity index (χ4v) is 2.86. The predicted molar refractivity (Wildman–Crippen MR) is 70.5 cm³/mol. The van der Waals surface area contributed by atoms with E-state index in [4.69, 9.17) is 9.26 Å². The van der Waals surface area contributed by atoms with Crippen LogP contribution in [0.1, 0.15) is 63.6 Å². The molecule has 0 aromatic carbocycles. The van der Waals surface area contributed by atoms with Gasteiger partial charge in [-0.2, -0.15) is 4.98 Å². The highest BCUT2D eigenvalue weighted by molar-refractivity contribution is 5.03. The fraction of sp³-hybridized carbons (Fsp3) is 0.857. The standard InChI is InChI=1S/C14H23N3O2/c1-2-18-14(8-4-3-5-9-14)13-16-12(19-17-13)10-15-11-6-7-11/h11,15H,2-10H2,1H3. The smallest absolute Gasteiger partial charge is 0.240 e. The summed E-state index contributed by atoms with van der Waals surface area (Å²) >= 11 is 0. The molecular formula is C14H23N3O2. The molecule has 2 saturated carbocycles. The topological polar surface area (TPSA) is 60.2 Å². The van der Waals surface area contributed by atoms with Crippen LogP contribution in [0.25, 0.3) is 0 Å². The van der Waals surface area contributed by atoms with Crippen LogP contribution in [0.5, 0.6) is 0 Å². The van der Waals surface area contributed by atoms with E-state index in [2.05, 4.69) is 15.5 Å². The molecule has 2 fully saturated rings. The summed E-state index contributed by atoms with van der Waals surface area (Å²) in [5, 5.41) is 7.57. The third-order valence-electron chi connectivity index (χ3n) is 4.08. The minimum absolute atomic E-state index is 0.297. The van der Waals surface area contributed by atoms with Crippen LogP contribution < -0.4 is 5.32 Å². The SMILES string of the molecule is CCOC1(c2noc(CNC3CC3)n2)CCCCC1. The minimum atomic E-state index is -0.297. The Morgan fingerprint density at radius 3 is 2.79 bits per heavy atom. The maximum Gasteiger partial charge on any atom is 0.240 e. The lowest BCUT2D eigenvalue weighted by Gasteiger charge is -2.33. The Morgan fingerprint density at radius 2 is 2.11 bits per heavy atom. The summed E-state index contributed by atoms with van der Waals surface area (Å²) in [4.78, 5) is 4.56. The van der Waals surface area contributed by atoms with Gasteiger partial charge in [0.25, 0.3) is 0 Å². The van der Waals surface area contributed by atoms with Gasteiger partial charge in [-0.05, 0) is 32.6 Å². The van der Waals surface area contributed by atoms with Crippen molar-refractivity contribution in [1.82, 2.24) is 15.5 Å². The maximum absolute atomic E-state index is 6.00. The molecule has 0 saturated heterocycles. The van der Waals surface area contributed by atoms with Crippen molar-refractivity contribution >= 4 is 0 Å². The van der Waals surface area contributed by atoms with E-state index in [0.717, 1.165) is 18.7 Å². The van der Waals surface area contributed by atoms with E-state index in [1.165, 1.54) is 32.1 Å². The normalized spacial score (nSPS) is 22.6. The van der Waals surface area contributed by atoms with Crippen LogP contribution in [-0.2, 0) is 16.9 Å². The van der Waals surface area contributed by atoms with Crippen LogP contribution >= 0.6 is 0 Å². The van der Waals surface area contributed by atoms with Crippen LogP contribution in [0.4, 0.5) is 0 Å². The number of hydrogen-bond donors (Lipinski definition) is 1. The molecule has 106 valence electrons. The van der Waals surface area contributed by atoms with E-state index < -0.39 is 0 Å². The predicted octanol–water partition coefficient (Wildman–Crippen LogP) is 2.52. The highest BCUT2D eigenvalue weighted by Crippen LogP contribution is 2.39. The first kappa shape index (κ1) is 13.1. The average Bonchev–Trinajstić information content (AvgIpc) is 3.14. The van der Waals surface area contributed by atoms with E-state index in [-0.39, 0.29) is 5.60 Å². The largest absolute Gasteiger partial charge is 0.367 e. The monoisotopic (exact) mass is 265 g/mol. The van der Waals surface area contributed by atoms with Crippen molar-refractivity contribution in [2.24, 2.45) is 0 Å². The first-order valence-electron chi connectivity index (χ1n) is 7.53. The number of hydrogen-bond acceptors (Lipinski definition) is 5. The summed E-state index contributed by atoms with van der Waals surface area (Å²) in [7, 11) is 0. The van der Waals surface area contributed by atoms with E-state index in [1.54, 1.807) is 0 Å². The molecule has 0 radical (unpaired) electrons. The zero-order valence-electron chi connectivity index (χ0n) is 11.7. The van der Waals surface area contributed by atoms with Crippen molar-refractivity contribution < 1.29 is 9.26 Å². The van der Waals surface area contributed by atoms with Crippen molar-refractivity contribution in [2.75, 3.05) is 6.61 Å². The second-order valence-corrected chi connectivity index (χ2v) is 5.65. The van der Waals surface area contributed by atoms with Gasteiger partial charge in [-0.25, -0.2) is 0 Å². The molecule has 0 unspecified atom stereocenters. The van der Waals surface area contributed by atoms with Crippen molar-refractivity contribution in [2.45, 2.75) is 70.1 Å². The van der Waals surface area contributed by atoms with Gasteiger partial charge in [0.05, 0.1) is 6.54 Å². The van der Waals surface area contributed by atoms with E-state index in [0.29, 0.717) is 25.1 Å². The number of nitrogens with one attached hydrogen (secondary N) is 1. The van der Waals surface area contributed by atoms with Crippen molar-refractivity contribution in [3.05, 3.63) is 11.7 Å².